The van der Waals surface area contributed by atoms with Gasteiger partial charge in [-0.25, -0.2) is 0 Å². The van der Waals surface area contributed by atoms with E-state index in [9.17, 15) is 24.5 Å². The smallest absolute Gasteiger partial charge is 0.269 e. The number of carbonyl (C=O) groups excluding carboxylic acids is 3. The Kier molecular flexibility index (Phi) is 5.96. The van der Waals surface area contributed by atoms with Gasteiger partial charge in [-0.2, -0.15) is 0 Å². The number of amides is 2. The molecule has 8 nitrogen and oxygen atoms in total. The van der Waals surface area contributed by atoms with Crippen molar-refractivity contribution in [1.29, 1.82) is 0 Å². The van der Waals surface area contributed by atoms with Crippen LogP contribution in [0.3, 0.4) is 0 Å². The molecule has 0 spiro atoms. The van der Waals surface area contributed by atoms with Gasteiger partial charge in [-0.05, 0) is 31.2 Å². The lowest BCUT2D eigenvalue weighted by Crippen LogP contribution is -2.41. The van der Waals surface area contributed by atoms with Crippen LogP contribution >= 0.6 is 11.3 Å². The van der Waals surface area contributed by atoms with Gasteiger partial charge in [-0.1, -0.05) is 0 Å². The summed E-state index contributed by atoms with van der Waals surface area (Å²) in [7, 11) is 0. The Balaban J connectivity index is 1.78. The number of nitrogens with one attached hydrogen (secondary N) is 2. The molecule has 0 atom stereocenters. The molecule has 1 heterocycles. The van der Waals surface area contributed by atoms with E-state index in [1.165, 1.54) is 35.6 Å². The summed E-state index contributed by atoms with van der Waals surface area (Å²) >= 11 is 1.37. The zero-order chi connectivity index (χ0) is 18.4. The molecule has 25 heavy (non-hydrogen) atoms. The quantitative estimate of drug-likeness (QED) is 0.465. The Bertz CT molecular complexity index is 813. The fourth-order valence-electron chi connectivity index (χ4n) is 1.93. The maximum absolute atomic E-state index is 11.9. The predicted molar refractivity (Wildman–Crippen MR) is 91.3 cm³/mol. The number of aryl methyl sites for hydroxylation is 1. The average Bonchev–Trinajstić information content (AvgIpc) is 3.04. The van der Waals surface area contributed by atoms with Gasteiger partial charge in [0, 0.05) is 35.4 Å². The number of nitrogens with zero attached hydrogens (tertiary/aromatic N) is 1. The number of ketones is 1. The molecule has 2 rings (SSSR count). The molecule has 0 fully saturated rings. The molecule has 0 aliphatic carbocycles. The first-order valence-corrected chi connectivity index (χ1v) is 8.12. The van der Waals surface area contributed by atoms with E-state index in [-0.39, 0.29) is 29.9 Å². The van der Waals surface area contributed by atoms with Crippen LogP contribution in [0, 0.1) is 17.0 Å². The molecule has 0 aliphatic heterocycles. The van der Waals surface area contributed by atoms with Crippen molar-refractivity contribution < 1.29 is 19.3 Å². The second-order valence-corrected chi connectivity index (χ2v) is 6.43. The number of hydrogen-bond donors (Lipinski definition) is 2. The van der Waals surface area contributed by atoms with Gasteiger partial charge >= 0.3 is 0 Å². The fourth-order valence-corrected chi connectivity index (χ4v) is 2.77. The highest BCUT2D eigenvalue weighted by Crippen LogP contribution is 2.17. The normalized spacial score (nSPS) is 10.1. The first kappa shape index (κ1) is 18.3. The van der Waals surface area contributed by atoms with E-state index in [4.69, 9.17) is 0 Å². The number of non-ortho nitro benzene ring substituents is 1. The predicted octanol–water partition coefficient (Wildman–Crippen LogP) is 2.39. The van der Waals surface area contributed by atoms with Gasteiger partial charge < -0.3 is 0 Å². The molecule has 9 heteroatoms. The molecule has 2 N–H and O–H groups in total. The lowest BCUT2D eigenvalue weighted by atomic mass is 10.2. The number of thiophene rings is 1. The molecule has 0 saturated heterocycles. The molecule has 1 aromatic carbocycles. The second-order valence-electron chi connectivity index (χ2n) is 5.14. The van der Waals surface area contributed by atoms with Gasteiger partial charge in [0.15, 0.2) is 5.78 Å². The van der Waals surface area contributed by atoms with E-state index in [0.29, 0.717) is 4.88 Å². The summed E-state index contributed by atoms with van der Waals surface area (Å²) in [5.41, 5.74) is 4.43. The molecule has 2 amide bonds. The summed E-state index contributed by atoms with van der Waals surface area (Å²) in [6, 6.07) is 8.50. The highest BCUT2D eigenvalue weighted by atomic mass is 32.1. The van der Waals surface area contributed by atoms with Crippen molar-refractivity contribution in [3.8, 4) is 0 Å². The van der Waals surface area contributed by atoms with Crippen LogP contribution in [-0.4, -0.2) is 22.5 Å². The van der Waals surface area contributed by atoms with E-state index in [1.807, 2.05) is 13.0 Å². The van der Waals surface area contributed by atoms with Gasteiger partial charge in [-0.15, -0.1) is 11.3 Å². The largest absolute Gasteiger partial charge is 0.293 e. The van der Waals surface area contributed by atoms with E-state index >= 15 is 0 Å². The molecule has 0 unspecified atom stereocenters. The molecule has 0 radical (unpaired) electrons. The van der Waals surface area contributed by atoms with E-state index in [0.717, 1.165) is 4.88 Å². The number of nitro groups is 1. The van der Waals surface area contributed by atoms with Gasteiger partial charge in [0.25, 0.3) is 11.6 Å². The molecular weight excluding hydrogens is 346 g/mol. The molecule has 0 saturated carbocycles. The van der Waals surface area contributed by atoms with Crippen molar-refractivity contribution in [3.05, 3.63) is 61.8 Å². The number of Topliss-reactive ketones (excluding diaryl/α,β-unsaturated/α-hetero) is 1. The Labute approximate surface area is 147 Å². The average molecular weight is 361 g/mol. The van der Waals surface area contributed by atoms with Gasteiger partial charge in [0.05, 0.1) is 9.80 Å². The molecule has 1 aromatic heterocycles. The molecule has 0 aliphatic rings. The minimum Gasteiger partial charge on any atom is -0.293 e. The highest BCUT2D eigenvalue weighted by Gasteiger charge is 2.13. The standard InChI is InChI=1S/C16H15N3O5S/c1-10-2-8-14(25-10)13(20)7-9-15(21)17-18-16(22)11-3-5-12(6-4-11)19(23)24/h2-6,8H,7,9H2,1H3,(H,17,21)(H,18,22). The Morgan fingerprint density at radius 1 is 1.04 bits per heavy atom. The van der Waals surface area contributed by atoms with Crippen LogP contribution < -0.4 is 10.9 Å². The Morgan fingerprint density at radius 3 is 2.28 bits per heavy atom. The zero-order valence-electron chi connectivity index (χ0n) is 13.3. The van der Waals surface area contributed by atoms with Crippen LogP contribution in [0.15, 0.2) is 36.4 Å². The lowest BCUT2D eigenvalue weighted by Gasteiger charge is -2.07. The second kappa shape index (κ2) is 8.15. The third kappa shape index (κ3) is 5.21. The van der Waals surface area contributed by atoms with Crippen molar-refractivity contribution in [3.63, 3.8) is 0 Å². The summed E-state index contributed by atoms with van der Waals surface area (Å²) in [6.07, 6.45) is -0.0183. The van der Waals surface area contributed by atoms with Crippen LogP contribution in [0.4, 0.5) is 5.69 Å². The van der Waals surface area contributed by atoms with Crippen molar-refractivity contribution in [2.24, 2.45) is 0 Å². The third-order valence-electron chi connectivity index (χ3n) is 3.25. The highest BCUT2D eigenvalue weighted by molar-refractivity contribution is 7.14. The fraction of sp³-hybridized carbons (Fsp3) is 0.188. The maximum Gasteiger partial charge on any atom is 0.269 e. The first-order chi connectivity index (χ1) is 11.9. The van der Waals surface area contributed by atoms with Crippen LogP contribution in [0.2, 0.25) is 0 Å². The summed E-state index contributed by atoms with van der Waals surface area (Å²) in [6.45, 7) is 1.89. The molecule has 0 bridgehead atoms. The van der Waals surface area contributed by atoms with Crippen molar-refractivity contribution in [1.82, 2.24) is 10.9 Å². The van der Waals surface area contributed by atoms with E-state index < -0.39 is 16.7 Å². The van der Waals surface area contributed by atoms with Crippen LogP contribution in [0.5, 0.6) is 0 Å². The summed E-state index contributed by atoms with van der Waals surface area (Å²) in [5.74, 6) is -1.24. The number of nitro benzene ring substituents is 1. The van der Waals surface area contributed by atoms with Crippen LogP contribution in [0.1, 0.15) is 37.7 Å². The molecular formula is C16H15N3O5S. The summed E-state index contributed by atoms with van der Waals surface area (Å²) in [4.78, 5) is 47.0. The van der Waals surface area contributed by atoms with E-state index in [2.05, 4.69) is 10.9 Å². The number of carbonyl (C=O) groups is 3. The zero-order valence-corrected chi connectivity index (χ0v) is 14.1. The Hall–Kier alpha value is -3.07. The van der Waals surface area contributed by atoms with E-state index in [1.54, 1.807) is 6.07 Å². The lowest BCUT2D eigenvalue weighted by molar-refractivity contribution is -0.384. The summed E-state index contributed by atoms with van der Waals surface area (Å²) in [5, 5.41) is 10.5. The minimum absolute atomic E-state index is 0.0409. The van der Waals surface area contributed by atoms with Crippen LogP contribution in [-0.2, 0) is 4.79 Å². The van der Waals surface area contributed by atoms with Gasteiger partial charge in [-0.3, -0.25) is 35.3 Å². The SMILES string of the molecule is Cc1ccc(C(=O)CCC(=O)NNC(=O)c2ccc([N+](=O)[O-])cc2)s1. The van der Waals surface area contributed by atoms with Crippen molar-refractivity contribution in [2.75, 3.05) is 0 Å². The number of benzene rings is 1. The number of hydrazine groups is 1. The van der Waals surface area contributed by atoms with Crippen molar-refractivity contribution in [2.45, 2.75) is 19.8 Å². The molecule has 130 valence electrons. The maximum atomic E-state index is 11.9. The Morgan fingerprint density at radius 2 is 1.72 bits per heavy atom. The third-order valence-corrected chi connectivity index (χ3v) is 4.29. The first-order valence-electron chi connectivity index (χ1n) is 7.30. The van der Waals surface area contributed by atoms with Gasteiger partial charge in [0.2, 0.25) is 5.91 Å². The number of rotatable bonds is 6. The summed E-state index contributed by atoms with van der Waals surface area (Å²) < 4.78 is 0. The monoisotopic (exact) mass is 361 g/mol. The van der Waals surface area contributed by atoms with Crippen LogP contribution in [0.25, 0.3) is 0 Å². The molecule has 2 aromatic rings. The minimum atomic E-state index is -0.608. The van der Waals surface area contributed by atoms with Gasteiger partial charge in [0.1, 0.15) is 0 Å². The number of hydrogen-bond acceptors (Lipinski definition) is 6. The topological polar surface area (TPSA) is 118 Å². The van der Waals surface area contributed by atoms with Crippen molar-refractivity contribution >= 4 is 34.6 Å².